The van der Waals surface area contributed by atoms with Crippen molar-refractivity contribution in [3.63, 3.8) is 0 Å². The molecule has 0 aromatic carbocycles. The van der Waals surface area contributed by atoms with E-state index in [1.54, 1.807) is 13.3 Å². The van der Waals surface area contributed by atoms with Gasteiger partial charge in [-0.1, -0.05) is 26.0 Å². The van der Waals surface area contributed by atoms with Gasteiger partial charge in [0.25, 0.3) is 0 Å². The minimum absolute atomic E-state index is 0.571. The van der Waals surface area contributed by atoms with Gasteiger partial charge in [0.2, 0.25) is 5.88 Å². The summed E-state index contributed by atoms with van der Waals surface area (Å²) in [6.07, 6.45) is 6.01. The lowest BCUT2D eigenvalue weighted by atomic mass is 10.1. The fourth-order valence-corrected chi connectivity index (χ4v) is 0.915. The van der Waals surface area contributed by atoms with Crippen molar-refractivity contribution in [1.82, 2.24) is 4.98 Å². The van der Waals surface area contributed by atoms with Crippen LogP contribution in [0.2, 0.25) is 0 Å². The average molecular weight is 177 g/mol. The summed E-state index contributed by atoms with van der Waals surface area (Å²) in [4.78, 5) is 4.10. The van der Waals surface area contributed by atoms with Crippen LogP contribution in [0.1, 0.15) is 19.4 Å². The molecule has 13 heavy (non-hydrogen) atoms. The lowest BCUT2D eigenvalue weighted by Crippen LogP contribution is -1.86. The van der Waals surface area contributed by atoms with Gasteiger partial charge >= 0.3 is 0 Å². The molecule has 1 aromatic rings. The fourth-order valence-electron chi connectivity index (χ4n) is 0.915. The van der Waals surface area contributed by atoms with E-state index in [1.165, 1.54) is 0 Å². The maximum atomic E-state index is 4.96. The van der Waals surface area contributed by atoms with Gasteiger partial charge in [-0.2, -0.15) is 0 Å². The first-order chi connectivity index (χ1) is 6.22. The van der Waals surface area contributed by atoms with Gasteiger partial charge in [-0.3, -0.25) is 0 Å². The first-order valence-corrected chi connectivity index (χ1v) is 4.40. The van der Waals surface area contributed by atoms with Crippen LogP contribution in [-0.4, -0.2) is 12.1 Å². The number of hydrogen-bond acceptors (Lipinski definition) is 2. The van der Waals surface area contributed by atoms with Gasteiger partial charge in [0.15, 0.2) is 0 Å². The first kappa shape index (κ1) is 9.78. The van der Waals surface area contributed by atoms with E-state index in [0.717, 1.165) is 5.56 Å². The van der Waals surface area contributed by atoms with Gasteiger partial charge in [-0.05, 0) is 17.5 Å². The summed E-state index contributed by atoms with van der Waals surface area (Å²) < 4.78 is 4.96. The molecular formula is C11H15NO. The molecule has 1 heterocycles. The van der Waals surface area contributed by atoms with Crippen molar-refractivity contribution in [2.24, 2.45) is 5.92 Å². The fraction of sp³-hybridized carbons (Fsp3) is 0.364. The van der Waals surface area contributed by atoms with E-state index in [2.05, 4.69) is 31.0 Å². The van der Waals surface area contributed by atoms with Crippen LogP contribution >= 0.6 is 0 Å². The summed E-state index contributed by atoms with van der Waals surface area (Å²) in [6, 6.07) is 3.85. The molecular weight excluding hydrogens is 162 g/mol. The standard InChI is InChI=1S/C11H15NO/c1-9(2)4-5-10-6-7-11(13-3)12-8-10/h4-9H,1-3H3/b5-4+. The Hall–Kier alpha value is -1.31. The Kier molecular flexibility index (Phi) is 3.50. The average Bonchev–Trinajstić information content (AvgIpc) is 2.15. The van der Waals surface area contributed by atoms with E-state index >= 15 is 0 Å². The van der Waals surface area contributed by atoms with Gasteiger partial charge < -0.3 is 4.74 Å². The van der Waals surface area contributed by atoms with Crippen molar-refractivity contribution in [2.45, 2.75) is 13.8 Å². The number of hydrogen-bond donors (Lipinski definition) is 0. The quantitative estimate of drug-likeness (QED) is 0.708. The summed E-state index contributed by atoms with van der Waals surface area (Å²) in [7, 11) is 1.62. The third-order valence-corrected chi connectivity index (χ3v) is 1.64. The molecule has 0 aliphatic rings. The zero-order valence-electron chi connectivity index (χ0n) is 8.32. The molecule has 0 saturated heterocycles. The van der Waals surface area contributed by atoms with E-state index in [9.17, 15) is 0 Å². The predicted octanol–water partition coefficient (Wildman–Crippen LogP) is 2.76. The highest BCUT2D eigenvalue weighted by atomic mass is 16.5. The Morgan fingerprint density at radius 2 is 2.15 bits per heavy atom. The van der Waals surface area contributed by atoms with Crippen molar-refractivity contribution >= 4 is 6.08 Å². The van der Waals surface area contributed by atoms with E-state index in [0.29, 0.717) is 11.8 Å². The second-order valence-electron chi connectivity index (χ2n) is 3.24. The Labute approximate surface area is 79.3 Å². The number of rotatable bonds is 3. The SMILES string of the molecule is COc1ccc(/C=C/C(C)C)cn1. The second-order valence-corrected chi connectivity index (χ2v) is 3.24. The van der Waals surface area contributed by atoms with E-state index in [4.69, 9.17) is 4.74 Å². The molecule has 0 radical (unpaired) electrons. The maximum Gasteiger partial charge on any atom is 0.212 e. The molecule has 1 rings (SSSR count). The summed E-state index contributed by atoms with van der Waals surface area (Å²) in [5.74, 6) is 1.23. The van der Waals surface area contributed by atoms with Crippen LogP contribution in [0, 0.1) is 5.92 Å². The molecule has 0 atom stereocenters. The zero-order valence-corrected chi connectivity index (χ0v) is 8.32. The van der Waals surface area contributed by atoms with Gasteiger partial charge in [0.05, 0.1) is 7.11 Å². The van der Waals surface area contributed by atoms with E-state index < -0.39 is 0 Å². The summed E-state index contributed by atoms with van der Waals surface area (Å²) >= 11 is 0. The molecule has 2 heteroatoms. The Balaban J connectivity index is 2.69. The van der Waals surface area contributed by atoms with Crippen LogP contribution < -0.4 is 4.74 Å². The summed E-state index contributed by atoms with van der Waals surface area (Å²) in [5, 5.41) is 0. The highest BCUT2D eigenvalue weighted by Crippen LogP contribution is 2.09. The normalized spacial score (nSPS) is 11.1. The molecule has 0 unspecified atom stereocenters. The maximum absolute atomic E-state index is 4.96. The zero-order chi connectivity index (χ0) is 9.68. The van der Waals surface area contributed by atoms with E-state index in [-0.39, 0.29) is 0 Å². The van der Waals surface area contributed by atoms with Crippen molar-refractivity contribution in [1.29, 1.82) is 0 Å². The Bertz CT molecular complexity index is 275. The lowest BCUT2D eigenvalue weighted by Gasteiger charge is -1.98. The van der Waals surface area contributed by atoms with E-state index in [1.807, 2.05) is 12.1 Å². The highest BCUT2D eigenvalue weighted by molar-refractivity contribution is 5.48. The molecule has 0 spiro atoms. The highest BCUT2D eigenvalue weighted by Gasteiger charge is 1.91. The molecule has 0 aliphatic carbocycles. The molecule has 0 bridgehead atoms. The molecule has 0 fully saturated rings. The topological polar surface area (TPSA) is 22.1 Å². The summed E-state index contributed by atoms with van der Waals surface area (Å²) in [6.45, 7) is 4.29. The second kappa shape index (κ2) is 4.65. The minimum Gasteiger partial charge on any atom is -0.481 e. The van der Waals surface area contributed by atoms with Crippen molar-refractivity contribution in [2.75, 3.05) is 7.11 Å². The van der Waals surface area contributed by atoms with Crippen LogP contribution in [0.4, 0.5) is 0 Å². The molecule has 1 aromatic heterocycles. The van der Waals surface area contributed by atoms with Gasteiger partial charge in [-0.15, -0.1) is 0 Å². The first-order valence-electron chi connectivity index (χ1n) is 4.40. The third-order valence-electron chi connectivity index (χ3n) is 1.64. The van der Waals surface area contributed by atoms with Crippen LogP contribution in [0.15, 0.2) is 24.4 Å². The van der Waals surface area contributed by atoms with Crippen molar-refractivity contribution in [3.05, 3.63) is 30.0 Å². The van der Waals surface area contributed by atoms with Crippen LogP contribution in [-0.2, 0) is 0 Å². The molecule has 2 nitrogen and oxygen atoms in total. The van der Waals surface area contributed by atoms with Gasteiger partial charge in [0.1, 0.15) is 0 Å². The van der Waals surface area contributed by atoms with Crippen molar-refractivity contribution < 1.29 is 4.74 Å². The number of ether oxygens (including phenoxy) is 1. The Morgan fingerprint density at radius 3 is 2.62 bits per heavy atom. The molecule has 0 aliphatic heterocycles. The number of nitrogens with zero attached hydrogens (tertiary/aromatic N) is 1. The van der Waals surface area contributed by atoms with Gasteiger partial charge in [0, 0.05) is 12.3 Å². The minimum atomic E-state index is 0.571. The monoisotopic (exact) mass is 177 g/mol. The van der Waals surface area contributed by atoms with Crippen LogP contribution in [0.25, 0.3) is 6.08 Å². The lowest BCUT2D eigenvalue weighted by molar-refractivity contribution is 0.398. The number of allylic oxidation sites excluding steroid dienone is 1. The van der Waals surface area contributed by atoms with Crippen LogP contribution in [0.5, 0.6) is 5.88 Å². The van der Waals surface area contributed by atoms with Gasteiger partial charge in [-0.25, -0.2) is 4.98 Å². The number of pyridine rings is 1. The summed E-state index contributed by atoms with van der Waals surface area (Å²) in [5.41, 5.74) is 1.11. The van der Waals surface area contributed by atoms with Crippen molar-refractivity contribution in [3.8, 4) is 5.88 Å². The smallest absolute Gasteiger partial charge is 0.212 e. The molecule has 70 valence electrons. The van der Waals surface area contributed by atoms with Crippen LogP contribution in [0.3, 0.4) is 0 Å². The predicted molar refractivity (Wildman–Crippen MR) is 54.7 cm³/mol. The Morgan fingerprint density at radius 1 is 1.38 bits per heavy atom. The number of methoxy groups -OCH3 is 1. The molecule has 0 saturated carbocycles. The molecule has 0 amide bonds. The third kappa shape index (κ3) is 3.28. The molecule has 0 N–H and O–H groups in total. The number of aromatic nitrogens is 1. The largest absolute Gasteiger partial charge is 0.481 e.